The second-order valence-corrected chi connectivity index (χ2v) is 7.38. The van der Waals surface area contributed by atoms with Gasteiger partial charge in [-0.2, -0.15) is 0 Å². The van der Waals surface area contributed by atoms with E-state index in [-0.39, 0.29) is 5.91 Å². The first kappa shape index (κ1) is 17.2. The van der Waals surface area contributed by atoms with Crippen LogP contribution in [0.2, 0.25) is 0 Å². The number of hydrogen-bond donors (Lipinski definition) is 1. The molecule has 0 saturated carbocycles. The largest absolute Gasteiger partial charge is 0.354 e. The zero-order valence-electron chi connectivity index (χ0n) is 13.5. The van der Waals surface area contributed by atoms with E-state index < -0.39 is 0 Å². The monoisotopic (exact) mass is 338 g/mol. The molecule has 0 unspecified atom stereocenters. The summed E-state index contributed by atoms with van der Waals surface area (Å²) in [5.41, 5.74) is 0. The van der Waals surface area contributed by atoms with Crippen molar-refractivity contribution in [3.05, 3.63) is 16.8 Å². The van der Waals surface area contributed by atoms with E-state index in [2.05, 4.69) is 28.3 Å². The van der Waals surface area contributed by atoms with Crippen molar-refractivity contribution in [2.45, 2.75) is 25.3 Å². The molecule has 120 valence electrons. The Kier molecular flexibility index (Phi) is 6.16. The first-order chi connectivity index (χ1) is 10.5. The van der Waals surface area contributed by atoms with Crippen LogP contribution in [-0.2, 0) is 11.2 Å². The van der Waals surface area contributed by atoms with Gasteiger partial charge in [-0.15, -0.1) is 11.3 Å². The van der Waals surface area contributed by atoms with E-state index in [0.717, 1.165) is 34.0 Å². The van der Waals surface area contributed by atoms with Crippen molar-refractivity contribution in [2.24, 2.45) is 0 Å². The molecular weight excluding hydrogens is 316 g/mol. The molecule has 1 amide bonds. The van der Waals surface area contributed by atoms with Crippen LogP contribution in [0.3, 0.4) is 0 Å². The van der Waals surface area contributed by atoms with Gasteiger partial charge < -0.3 is 10.2 Å². The van der Waals surface area contributed by atoms with E-state index in [1.54, 1.807) is 11.3 Å². The minimum Gasteiger partial charge on any atom is -0.354 e. The van der Waals surface area contributed by atoms with Gasteiger partial charge in [0, 0.05) is 23.4 Å². The highest BCUT2D eigenvalue weighted by molar-refractivity contribution is 8.00. The predicted molar refractivity (Wildman–Crippen MR) is 93.8 cm³/mol. The number of thioether (sulfide) groups is 1. The van der Waals surface area contributed by atoms with Gasteiger partial charge in [0.25, 0.3) is 0 Å². The van der Waals surface area contributed by atoms with Crippen LogP contribution >= 0.6 is 23.1 Å². The number of amides is 1. The maximum absolute atomic E-state index is 11.9. The maximum Gasteiger partial charge on any atom is 0.230 e. The Morgan fingerprint density at radius 3 is 2.86 bits per heavy atom. The quantitative estimate of drug-likeness (QED) is 0.620. The number of carbonyl (C=O) groups is 1. The summed E-state index contributed by atoms with van der Waals surface area (Å²) in [5.74, 6) is 1.19. The van der Waals surface area contributed by atoms with Crippen LogP contribution in [0, 0.1) is 6.92 Å². The molecule has 7 heteroatoms. The van der Waals surface area contributed by atoms with Gasteiger partial charge in [-0.3, -0.25) is 4.79 Å². The van der Waals surface area contributed by atoms with Gasteiger partial charge in [-0.25, -0.2) is 9.97 Å². The lowest BCUT2D eigenvalue weighted by Crippen LogP contribution is -2.32. The Bertz CT molecular complexity index is 654. The number of thiophene rings is 1. The Hall–Kier alpha value is -1.18. The average molecular weight is 339 g/mol. The Balaban J connectivity index is 2.01. The molecule has 5 nitrogen and oxygen atoms in total. The van der Waals surface area contributed by atoms with Gasteiger partial charge >= 0.3 is 0 Å². The summed E-state index contributed by atoms with van der Waals surface area (Å²) in [6.07, 6.45) is 0.995. The second-order valence-electron chi connectivity index (χ2n) is 5.30. The fourth-order valence-corrected chi connectivity index (χ4v) is 3.89. The van der Waals surface area contributed by atoms with Crippen molar-refractivity contribution in [1.82, 2.24) is 20.2 Å². The molecule has 0 spiro atoms. The minimum atomic E-state index is 0.0437. The molecule has 0 radical (unpaired) electrons. The molecule has 0 aliphatic heterocycles. The molecule has 0 atom stereocenters. The zero-order valence-corrected chi connectivity index (χ0v) is 15.1. The van der Waals surface area contributed by atoms with Crippen LogP contribution in [-0.4, -0.2) is 53.7 Å². The number of fused-ring (bicyclic) bond motifs is 1. The first-order valence-corrected chi connectivity index (χ1v) is 9.11. The summed E-state index contributed by atoms with van der Waals surface area (Å²) < 4.78 is 0. The zero-order chi connectivity index (χ0) is 16.1. The number of aryl methyl sites for hydroxylation is 2. The van der Waals surface area contributed by atoms with E-state index >= 15 is 0 Å². The Morgan fingerprint density at radius 1 is 1.41 bits per heavy atom. The fourth-order valence-electron chi connectivity index (χ4n) is 1.93. The molecule has 0 aliphatic carbocycles. The van der Waals surface area contributed by atoms with Gasteiger partial charge in [0.05, 0.1) is 5.75 Å². The average Bonchev–Trinajstić information content (AvgIpc) is 2.87. The van der Waals surface area contributed by atoms with Crippen LogP contribution in [0.1, 0.15) is 17.6 Å². The number of aromatic nitrogens is 2. The third-order valence-corrected chi connectivity index (χ3v) is 5.25. The lowest BCUT2D eigenvalue weighted by atomic mass is 10.3. The topological polar surface area (TPSA) is 58.1 Å². The van der Waals surface area contributed by atoms with Crippen molar-refractivity contribution in [3.8, 4) is 0 Å². The number of hydrogen-bond acceptors (Lipinski definition) is 6. The lowest BCUT2D eigenvalue weighted by molar-refractivity contribution is -0.118. The fraction of sp³-hybridized carbons (Fsp3) is 0.533. The molecular formula is C15H22N4OS2. The molecule has 0 aromatic carbocycles. The SMILES string of the molecule is CCc1cc2c(SCC(=O)NCCN(C)C)nc(C)nc2s1. The van der Waals surface area contributed by atoms with Gasteiger partial charge in [-0.05, 0) is 33.5 Å². The minimum absolute atomic E-state index is 0.0437. The Labute approximate surface area is 139 Å². The van der Waals surface area contributed by atoms with E-state index in [1.807, 2.05) is 25.9 Å². The highest BCUT2D eigenvalue weighted by Gasteiger charge is 2.12. The van der Waals surface area contributed by atoms with Crippen molar-refractivity contribution >= 4 is 39.2 Å². The molecule has 2 heterocycles. The van der Waals surface area contributed by atoms with Crippen LogP contribution < -0.4 is 5.32 Å². The van der Waals surface area contributed by atoms with Crippen molar-refractivity contribution in [3.63, 3.8) is 0 Å². The number of carbonyl (C=O) groups excluding carboxylic acids is 1. The second kappa shape index (κ2) is 7.89. The third kappa shape index (κ3) is 4.66. The normalized spacial score (nSPS) is 11.3. The van der Waals surface area contributed by atoms with Crippen LogP contribution in [0.15, 0.2) is 11.1 Å². The smallest absolute Gasteiger partial charge is 0.230 e. The number of rotatable bonds is 7. The first-order valence-electron chi connectivity index (χ1n) is 7.31. The standard InChI is InChI=1S/C15H22N4OS2/c1-5-11-8-12-14(17-10(2)18-15(12)22-11)21-9-13(20)16-6-7-19(3)4/h8H,5-7,9H2,1-4H3,(H,16,20). The van der Waals surface area contributed by atoms with E-state index in [4.69, 9.17) is 0 Å². The van der Waals surface area contributed by atoms with Crippen molar-refractivity contribution < 1.29 is 4.79 Å². The van der Waals surface area contributed by atoms with Gasteiger partial charge in [0.1, 0.15) is 15.7 Å². The molecule has 0 bridgehead atoms. The van der Waals surface area contributed by atoms with E-state index in [1.165, 1.54) is 16.6 Å². The predicted octanol–water partition coefficient (Wildman–Crippen LogP) is 2.33. The third-order valence-electron chi connectivity index (χ3n) is 3.09. The van der Waals surface area contributed by atoms with Crippen molar-refractivity contribution in [2.75, 3.05) is 32.9 Å². The van der Waals surface area contributed by atoms with Crippen LogP contribution in [0.25, 0.3) is 10.2 Å². The number of nitrogens with one attached hydrogen (secondary N) is 1. The van der Waals surface area contributed by atoms with Crippen LogP contribution in [0.5, 0.6) is 0 Å². The molecule has 0 aliphatic rings. The molecule has 2 rings (SSSR count). The molecule has 2 aromatic rings. The molecule has 0 saturated heterocycles. The lowest BCUT2D eigenvalue weighted by Gasteiger charge is -2.10. The summed E-state index contributed by atoms with van der Waals surface area (Å²) >= 11 is 3.19. The van der Waals surface area contributed by atoms with E-state index in [9.17, 15) is 4.79 Å². The van der Waals surface area contributed by atoms with Gasteiger partial charge in [-0.1, -0.05) is 18.7 Å². The Morgan fingerprint density at radius 2 is 2.18 bits per heavy atom. The summed E-state index contributed by atoms with van der Waals surface area (Å²) in [5, 5.41) is 4.89. The molecule has 22 heavy (non-hydrogen) atoms. The summed E-state index contributed by atoms with van der Waals surface area (Å²) in [4.78, 5) is 25.2. The number of nitrogens with zero attached hydrogens (tertiary/aromatic N) is 3. The van der Waals surface area contributed by atoms with Crippen LogP contribution in [0.4, 0.5) is 0 Å². The molecule has 0 fully saturated rings. The van der Waals surface area contributed by atoms with Crippen molar-refractivity contribution in [1.29, 1.82) is 0 Å². The maximum atomic E-state index is 11.9. The van der Waals surface area contributed by atoms with Gasteiger partial charge in [0.2, 0.25) is 5.91 Å². The summed E-state index contributed by atoms with van der Waals surface area (Å²) in [6.45, 7) is 5.54. The number of likely N-dealkylation sites (N-methyl/N-ethyl adjacent to an activating group) is 1. The molecule has 1 N–H and O–H groups in total. The summed E-state index contributed by atoms with van der Waals surface area (Å²) in [7, 11) is 3.98. The highest BCUT2D eigenvalue weighted by atomic mass is 32.2. The van der Waals surface area contributed by atoms with Gasteiger partial charge in [0.15, 0.2) is 0 Å². The van der Waals surface area contributed by atoms with E-state index in [0.29, 0.717) is 12.3 Å². The summed E-state index contributed by atoms with van der Waals surface area (Å²) in [6, 6.07) is 2.14. The highest BCUT2D eigenvalue weighted by Crippen LogP contribution is 2.31. The molecule has 2 aromatic heterocycles.